The van der Waals surface area contributed by atoms with Crippen LogP contribution in [0.4, 0.5) is 0 Å². The molecule has 2 N–H and O–H groups in total. The molecule has 0 aromatic carbocycles. The Labute approximate surface area is 118 Å². The second-order valence-corrected chi connectivity index (χ2v) is 6.83. The zero-order chi connectivity index (χ0) is 12.8. The summed E-state index contributed by atoms with van der Waals surface area (Å²) in [6.45, 7) is 0. The predicted molar refractivity (Wildman–Crippen MR) is 79.7 cm³/mol. The van der Waals surface area contributed by atoms with Crippen molar-refractivity contribution in [2.45, 2.75) is 50.6 Å². The highest BCUT2D eigenvalue weighted by molar-refractivity contribution is 7.10. The Bertz CT molecular complexity index is 596. The van der Waals surface area contributed by atoms with Crippen LogP contribution >= 0.6 is 11.3 Å². The molecule has 4 rings (SSSR count). The number of rotatable bonds is 1. The van der Waals surface area contributed by atoms with Crippen LogP contribution < -0.4 is 5.73 Å². The SMILES string of the molecule is NC1CCCc2c1ccn2C1CCCc2sccc21. The van der Waals surface area contributed by atoms with Gasteiger partial charge in [-0.05, 0) is 67.2 Å². The third-order valence-electron chi connectivity index (χ3n) is 4.74. The van der Waals surface area contributed by atoms with Crippen molar-refractivity contribution in [1.29, 1.82) is 0 Å². The molecule has 0 saturated carbocycles. The molecule has 19 heavy (non-hydrogen) atoms. The minimum Gasteiger partial charge on any atom is -0.344 e. The van der Waals surface area contributed by atoms with Crippen molar-refractivity contribution >= 4 is 11.3 Å². The molecule has 3 heteroatoms. The Balaban J connectivity index is 1.79. The first kappa shape index (κ1) is 11.7. The average Bonchev–Trinajstić information content (AvgIpc) is 3.05. The molecule has 0 fully saturated rings. The van der Waals surface area contributed by atoms with Crippen LogP contribution in [0.15, 0.2) is 23.7 Å². The molecule has 2 nitrogen and oxygen atoms in total. The van der Waals surface area contributed by atoms with Gasteiger partial charge in [-0.15, -0.1) is 11.3 Å². The van der Waals surface area contributed by atoms with E-state index in [0.29, 0.717) is 6.04 Å². The molecule has 2 aromatic rings. The van der Waals surface area contributed by atoms with Gasteiger partial charge in [0.1, 0.15) is 0 Å². The van der Waals surface area contributed by atoms with Crippen LogP contribution in [-0.4, -0.2) is 4.57 Å². The van der Waals surface area contributed by atoms with E-state index in [9.17, 15) is 0 Å². The molecule has 0 aliphatic heterocycles. The summed E-state index contributed by atoms with van der Waals surface area (Å²) in [5.41, 5.74) is 10.7. The van der Waals surface area contributed by atoms with Gasteiger partial charge in [0.25, 0.3) is 0 Å². The lowest BCUT2D eigenvalue weighted by Gasteiger charge is -2.28. The zero-order valence-corrected chi connectivity index (χ0v) is 12.0. The molecular formula is C16H20N2S. The number of fused-ring (bicyclic) bond motifs is 2. The Morgan fingerprint density at radius 1 is 1.11 bits per heavy atom. The number of aryl methyl sites for hydroxylation is 1. The van der Waals surface area contributed by atoms with E-state index in [4.69, 9.17) is 5.73 Å². The quantitative estimate of drug-likeness (QED) is 0.841. The van der Waals surface area contributed by atoms with Crippen LogP contribution in [-0.2, 0) is 12.8 Å². The number of aromatic nitrogens is 1. The van der Waals surface area contributed by atoms with E-state index in [1.807, 2.05) is 11.3 Å². The van der Waals surface area contributed by atoms with Gasteiger partial charge < -0.3 is 10.3 Å². The topological polar surface area (TPSA) is 30.9 Å². The summed E-state index contributed by atoms with van der Waals surface area (Å²) in [5, 5.41) is 2.25. The highest BCUT2D eigenvalue weighted by Gasteiger charge is 2.27. The molecule has 2 aromatic heterocycles. The van der Waals surface area contributed by atoms with Crippen LogP contribution in [0.2, 0.25) is 0 Å². The largest absolute Gasteiger partial charge is 0.344 e. The molecule has 0 bridgehead atoms. The zero-order valence-electron chi connectivity index (χ0n) is 11.1. The van der Waals surface area contributed by atoms with Gasteiger partial charge in [-0.1, -0.05) is 0 Å². The number of hydrogen-bond donors (Lipinski definition) is 1. The van der Waals surface area contributed by atoms with Gasteiger partial charge in [-0.3, -0.25) is 0 Å². The molecule has 0 amide bonds. The van der Waals surface area contributed by atoms with Crippen molar-refractivity contribution in [1.82, 2.24) is 4.57 Å². The number of hydrogen-bond acceptors (Lipinski definition) is 2. The highest BCUT2D eigenvalue weighted by atomic mass is 32.1. The monoisotopic (exact) mass is 272 g/mol. The smallest absolute Gasteiger partial charge is 0.0593 e. The van der Waals surface area contributed by atoms with Crippen molar-refractivity contribution in [3.8, 4) is 0 Å². The summed E-state index contributed by atoms with van der Waals surface area (Å²) in [4.78, 5) is 1.60. The van der Waals surface area contributed by atoms with Gasteiger partial charge in [-0.2, -0.15) is 0 Å². The van der Waals surface area contributed by atoms with E-state index in [1.54, 1.807) is 10.4 Å². The van der Waals surface area contributed by atoms with Crippen molar-refractivity contribution in [2.24, 2.45) is 5.73 Å². The lowest BCUT2D eigenvalue weighted by molar-refractivity contribution is 0.463. The Morgan fingerprint density at radius 2 is 2.00 bits per heavy atom. The number of nitrogens with zero attached hydrogens (tertiary/aromatic N) is 1. The van der Waals surface area contributed by atoms with Crippen molar-refractivity contribution in [2.75, 3.05) is 0 Å². The van der Waals surface area contributed by atoms with Gasteiger partial charge in [0, 0.05) is 22.8 Å². The van der Waals surface area contributed by atoms with Crippen molar-refractivity contribution in [3.05, 3.63) is 45.4 Å². The molecule has 2 heterocycles. The highest BCUT2D eigenvalue weighted by Crippen LogP contribution is 2.39. The van der Waals surface area contributed by atoms with E-state index >= 15 is 0 Å². The Hall–Kier alpha value is -1.06. The van der Waals surface area contributed by atoms with Crippen LogP contribution in [0, 0.1) is 0 Å². The first-order chi connectivity index (χ1) is 9.34. The fourth-order valence-corrected chi connectivity index (χ4v) is 4.78. The lowest BCUT2D eigenvalue weighted by Crippen LogP contribution is -2.22. The summed E-state index contributed by atoms with van der Waals surface area (Å²) in [6, 6.07) is 5.42. The van der Waals surface area contributed by atoms with E-state index in [2.05, 4.69) is 28.3 Å². The van der Waals surface area contributed by atoms with Gasteiger partial charge in [-0.25, -0.2) is 0 Å². The van der Waals surface area contributed by atoms with E-state index in [1.165, 1.54) is 43.4 Å². The van der Waals surface area contributed by atoms with E-state index in [-0.39, 0.29) is 6.04 Å². The van der Waals surface area contributed by atoms with Gasteiger partial charge >= 0.3 is 0 Å². The maximum atomic E-state index is 6.25. The van der Waals surface area contributed by atoms with Crippen LogP contribution in [0.5, 0.6) is 0 Å². The average molecular weight is 272 g/mol. The van der Waals surface area contributed by atoms with E-state index < -0.39 is 0 Å². The van der Waals surface area contributed by atoms with Gasteiger partial charge in [0.15, 0.2) is 0 Å². The van der Waals surface area contributed by atoms with Crippen LogP contribution in [0.3, 0.4) is 0 Å². The molecule has 2 atom stereocenters. The Kier molecular flexibility index (Phi) is 2.78. The maximum Gasteiger partial charge on any atom is 0.0593 e. The fourth-order valence-electron chi connectivity index (χ4n) is 3.79. The molecule has 100 valence electrons. The second kappa shape index (κ2) is 4.50. The van der Waals surface area contributed by atoms with E-state index in [0.717, 1.165) is 6.42 Å². The molecule has 0 saturated heterocycles. The van der Waals surface area contributed by atoms with Crippen molar-refractivity contribution < 1.29 is 0 Å². The lowest BCUT2D eigenvalue weighted by atomic mass is 9.91. The van der Waals surface area contributed by atoms with Crippen molar-refractivity contribution in [3.63, 3.8) is 0 Å². The Morgan fingerprint density at radius 3 is 2.95 bits per heavy atom. The van der Waals surface area contributed by atoms with Crippen LogP contribution in [0.25, 0.3) is 0 Å². The minimum atomic E-state index is 0.260. The van der Waals surface area contributed by atoms with Crippen LogP contribution in [0.1, 0.15) is 59.5 Å². The fraction of sp³-hybridized carbons (Fsp3) is 0.500. The summed E-state index contributed by atoms with van der Waals surface area (Å²) < 4.78 is 2.53. The molecule has 2 aliphatic carbocycles. The molecule has 0 spiro atoms. The standard InChI is InChI=1S/C16H20N2S/c17-13-3-1-4-14-11(13)7-9-18(14)15-5-2-6-16-12(15)8-10-19-16/h7-10,13,15H,1-6,17H2. The minimum absolute atomic E-state index is 0.260. The first-order valence-electron chi connectivity index (χ1n) is 7.36. The molecule has 2 unspecified atom stereocenters. The third kappa shape index (κ3) is 1.79. The summed E-state index contributed by atoms with van der Waals surface area (Å²) in [6.07, 6.45) is 9.73. The first-order valence-corrected chi connectivity index (χ1v) is 8.24. The van der Waals surface area contributed by atoms with Gasteiger partial charge in [0.2, 0.25) is 0 Å². The third-order valence-corrected chi connectivity index (χ3v) is 5.74. The summed E-state index contributed by atoms with van der Waals surface area (Å²) in [7, 11) is 0. The molecule has 0 radical (unpaired) electrons. The normalized spacial score (nSPS) is 25.9. The van der Waals surface area contributed by atoms with Gasteiger partial charge in [0.05, 0.1) is 6.04 Å². The molecule has 2 aliphatic rings. The predicted octanol–water partition coefficient (Wildman–Crippen LogP) is 3.81. The summed E-state index contributed by atoms with van der Waals surface area (Å²) >= 11 is 1.93. The maximum absolute atomic E-state index is 6.25. The number of thiophene rings is 1. The second-order valence-electron chi connectivity index (χ2n) is 5.83. The number of nitrogens with two attached hydrogens (primary N) is 1. The molecular weight excluding hydrogens is 252 g/mol. The summed E-state index contributed by atoms with van der Waals surface area (Å²) in [5.74, 6) is 0.